The fourth-order valence-corrected chi connectivity index (χ4v) is 5.06. The summed E-state index contributed by atoms with van der Waals surface area (Å²) in [6.07, 6.45) is 7.67. The van der Waals surface area contributed by atoms with Gasteiger partial charge in [-0.3, -0.25) is 9.59 Å². The molecule has 0 fully saturated rings. The Hall–Kier alpha value is -4.13. The highest BCUT2D eigenvalue weighted by Crippen LogP contribution is 2.30. The van der Waals surface area contributed by atoms with Crippen molar-refractivity contribution in [3.05, 3.63) is 107 Å². The van der Waals surface area contributed by atoms with Crippen molar-refractivity contribution in [2.45, 2.75) is 51.1 Å². The number of amides is 2. The first-order chi connectivity index (χ1) is 19.5. The molecule has 0 unspecified atom stereocenters. The Bertz CT molecular complexity index is 1310. The SMILES string of the molecule is COc1ccc(CC(=O)N(Cc2ccc(F)cc2)[C@@H](C(=O)NCCC2=CCCCC2)c2ccccc2)cc1OC. The van der Waals surface area contributed by atoms with E-state index < -0.39 is 6.04 Å². The van der Waals surface area contributed by atoms with Gasteiger partial charge in [0.1, 0.15) is 11.9 Å². The summed E-state index contributed by atoms with van der Waals surface area (Å²) in [4.78, 5) is 29.3. The van der Waals surface area contributed by atoms with Crippen LogP contribution in [0, 0.1) is 5.82 Å². The van der Waals surface area contributed by atoms with Crippen molar-refractivity contribution in [1.82, 2.24) is 10.2 Å². The first-order valence-corrected chi connectivity index (χ1v) is 13.7. The van der Waals surface area contributed by atoms with E-state index in [-0.39, 0.29) is 30.6 Å². The summed E-state index contributed by atoms with van der Waals surface area (Å²) in [6, 6.07) is 19.8. The van der Waals surface area contributed by atoms with Gasteiger partial charge in [-0.05, 0) is 73.1 Å². The van der Waals surface area contributed by atoms with Gasteiger partial charge in [0.2, 0.25) is 11.8 Å². The second-order valence-corrected chi connectivity index (χ2v) is 9.98. The lowest BCUT2D eigenvalue weighted by atomic mass is 9.97. The number of nitrogens with one attached hydrogen (secondary N) is 1. The minimum atomic E-state index is -0.862. The van der Waals surface area contributed by atoms with E-state index in [9.17, 15) is 14.0 Å². The van der Waals surface area contributed by atoms with Crippen LogP contribution in [0.4, 0.5) is 4.39 Å². The van der Waals surface area contributed by atoms with Crippen molar-refractivity contribution in [2.75, 3.05) is 20.8 Å². The highest BCUT2D eigenvalue weighted by atomic mass is 19.1. The summed E-state index contributed by atoms with van der Waals surface area (Å²) in [5.74, 6) is 0.242. The topological polar surface area (TPSA) is 67.9 Å². The molecule has 40 heavy (non-hydrogen) atoms. The van der Waals surface area contributed by atoms with Gasteiger partial charge in [0.25, 0.3) is 0 Å². The highest BCUT2D eigenvalue weighted by molar-refractivity contribution is 5.89. The fraction of sp³-hybridized carbons (Fsp3) is 0.333. The standard InChI is InChI=1S/C33H37FN2O4/c1-39-29-18-15-26(21-30(29)40-2)22-31(37)36(23-25-13-16-28(34)17-14-25)32(27-11-7-4-8-12-27)33(38)35-20-19-24-9-5-3-6-10-24/h4,7-9,11-18,21,32H,3,5-6,10,19-20,22-23H2,1-2H3,(H,35,38)/t32-/m1/s1. The molecule has 0 bridgehead atoms. The number of carbonyl (C=O) groups excluding carboxylic acids is 2. The zero-order chi connectivity index (χ0) is 28.3. The Morgan fingerprint density at radius 1 is 0.925 bits per heavy atom. The molecule has 0 saturated carbocycles. The molecule has 1 aliphatic carbocycles. The molecule has 0 aliphatic heterocycles. The number of allylic oxidation sites excluding steroid dienone is 1. The third-order valence-corrected chi connectivity index (χ3v) is 7.20. The van der Waals surface area contributed by atoms with Gasteiger partial charge in [-0.15, -0.1) is 0 Å². The molecular weight excluding hydrogens is 507 g/mol. The molecule has 4 rings (SSSR count). The monoisotopic (exact) mass is 544 g/mol. The summed E-state index contributed by atoms with van der Waals surface area (Å²) in [5.41, 5.74) is 3.53. The second kappa shape index (κ2) is 14.3. The van der Waals surface area contributed by atoms with Crippen LogP contribution < -0.4 is 14.8 Å². The number of benzene rings is 3. The van der Waals surface area contributed by atoms with Crippen LogP contribution >= 0.6 is 0 Å². The molecule has 0 aromatic heterocycles. The number of ether oxygens (including phenoxy) is 2. The Morgan fingerprint density at radius 3 is 2.33 bits per heavy atom. The zero-order valence-electron chi connectivity index (χ0n) is 23.2. The number of hydrogen-bond acceptors (Lipinski definition) is 4. The molecule has 210 valence electrons. The molecule has 1 N–H and O–H groups in total. The smallest absolute Gasteiger partial charge is 0.247 e. The van der Waals surface area contributed by atoms with E-state index in [0.717, 1.165) is 30.4 Å². The average Bonchev–Trinajstić information content (AvgIpc) is 2.99. The molecule has 6 nitrogen and oxygen atoms in total. The number of methoxy groups -OCH3 is 2. The summed E-state index contributed by atoms with van der Waals surface area (Å²) in [6.45, 7) is 0.646. The van der Waals surface area contributed by atoms with Crippen molar-refractivity contribution < 1.29 is 23.5 Å². The van der Waals surface area contributed by atoms with Crippen LogP contribution in [0.2, 0.25) is 0 Å². The maximum absolute atomic E-state index is 14.0. The Kier molecular flexibility index (Phi) is 10.3. The molecule has 2 amide bonds. The van der Waals surface area contributed by atoms with Crippen LogP contribution in [-0.2, 0) is 22.6 Å². The minimum absolute atomic E-state index is 0.0467. The van der Waals surface area contributed by atoms with E-state index in [1.807, 2.05) is 36.4 Å². The summed E-state index contributed by atoms with van der Waals surface area (Å²) < 4.78 is 24.4. The number of halogens is 1. The molecule has 1 atom stereocenters. The van der Waals surface area contributed by atoms with E-state index in [1.165, 1.54) is 30.5 Å². The van der Waals surface area contributed by atoms with E-state index in [2.05, 4.69) is 11.4 Å². The Morgan fingerprint density at radius 2 is 1.65 bits per heavy atom. The van der Waals surface area contributed by atoms with E-state index in [1.54, 1.807) is 43.4 Å². The lowest BCUT2D eigenvalue weighted by Crippen LogP contribution is -2.44. The molecule has 0 heterocycles. The van der Waals surface area contributed by atoms with Crippen molar-refractivity contribution in [3.63, 3.8) is 0 Å². The van der Waals surface area contributed by atoms with Gasteiger partial charge in [0.15, 0.2) is 11.5 Å². The maximum Gasteiger partial charge on any atom is 0.247 e. The largest absolute Gasteiger partial charge is 0.493 e. The molecule has 3 aromatic rings. The van der Waals surface area contributed by atoms with Gasteiger partial charge in [-0.2, -0.15) is 0 Å². The van der Waals surface area contributed by atoms with Gasteiger partial charge in [0.05, 0.1) is 20.6 Å². The van der Waals surface area contributed by atoms with Gasteiger partial charge < -0.3 is 19.7 Å². The van der Waals surface area contributed by atoms with Gasteiger partial charge in [-0.25, -0.2) is 4.39 Å². The summed E-state index contributed by atoms with van der Waals surface area (Å²) in [5, 5.41) is 3.09. The van der Waals surface area contributed by atoms with Crippen LogP contribution in [-0.4, -0.2) is 37.5 Å². The molecule has 7 heteroatoms. The van der Waals surface area contributed by atoms with Crippen molar-refractivity contribution in [3.8, 4) is 11.5 Å². The summed E-state index contributed by atoms with van der Waals surface area (Å²) in [7, 11) is 3.10. The van der Waals surface area contributed by atoms with Crippen molar-refractivity contribution in [2.24, 2.45) is 0 Å². The number of hydrogen-bond donors (Lipinski definition) is 1. The lowest BCUT2D eigenvalue weighted by molar-refractivity contribution is -0.141. The molecule has 3 aromatic carbocycles. The van der Waals surface area contributed by atoms with Crippen LogP contribution in [0.25, 0.3) is 0 Å². The molecular formula is C33H37FN2O4. The third-order valence-electron chi connectivity index (χ3n) is 7.20. The zero-order valence-corrected chi connectivity index (χ0v) is 23.2. The Labute approximate surface area is 235 Å². The average molecular weight is 545 g/mol. The maximum atomic E-state index is 14.0. The number of nitrogens with zero attached hydrogens (tertiary/aromatic N) is 1. The van der Waals surface area contributed by atoms with E-state index >= 15 is 0 Å². The summed E-state index contributed by atoms with van der Waals surface area (Å²) >= 11 is 0. The number of carbonyl (C=O) groups is 2. The molecule has 0 radical (unpaired) electrons. The van der Waals surface area contributed by atoms with Crippen LogP contribution in [0.15, 0.2) is 84.4 Å². The van der Waals surface area contributed by atoms with E-state index in [4.69, 9.17) is 9.47 Å². The quantitative estimate of drug-likeness (QED) is 0.277. The predicted octanol–water partition coefficient (Wildman–Crippen LogP) is 6.16. The van der Waals surface area contributed by atoms with Gasteiger partial charge in [-0.1, -0.05) is 60.2 Å². The van der Waals surface area contributed by atoms with Crippen LogP contribution in [0.3, 0.4) is 0 Å². The Balaban J connectivity index is 1.63. The molecule has 0 spiro atoms. The van der Waals surface area contributed by atoms with Crippen LogP contribution in [0.5, 0.6) is 11.5 Å². The van der Waals surface area contributed by atoms with Gasteiger partial charge >= 0.3 is 0 Å². The first-order valence-electron chi connectivity index (χ1n) is 13.7. The normalized spacial score (nSPS) is 13.6. The number of rotatable bonds is 12. The van der Waals surface area contributed by atoms with Gasteiger partial charge in [0, 0.05) is 13.1 Å². The van der Waals surface area contributed by atoms with Crippen molar-refractivity contribution >= 4 is 11.8 Å². The molecule has 1 aliphatic rings. The highest BCUT2D eigenvalue weighted by Gasteiger charge is 2.31. The van der Waals surface area contributed by atoms with Crippen molar-refractivity contribution in [1.29, 1.82) is 0 Å². The van der Waals surface area contributed by atoms with E-state index in [0.29, 0.717) is 23.6 Å². The second-order valence-electron chi connectivity index (χ2n) is 9.98. The molecule has 0 saturated heterocycles. The minimum Gasteiger partial charge on any atom is -0.493 e. The first kappa shape index (κ1) is 28.9. The van der Waals surface area contributed by atoms with Crippen LogP contribution in [0.1, 0.15) is 54.8 Å². The third kappa shape index (κ3) is 7.72. The predicted molar refractivity (Wildman–Crippen MR) is 154 cm³/mol. The lowest BCUT2D eigenvalue weighted by Gasteiger charge is -2.32. The fourth-order valence-electron chi connectivity index (χ4n) is 5.06.